The molecule has 16 heavy (non-hydrogen) atoms. The Morgan fingerprint density at radius 3 is 2.69 bits per heavy atom. The van der Waals surface area contributed by atoms with E-state index in [-0.39, 0.29) is 18.7 Å². The summed E-state index contributed by atoms with van der Waals surface area (Å²) in [7, 11) is 0. The fourth-order valence-electron chi connectivity index (χ4n) is 1.76. The Balaban J connectivity index is 2.57. The van der Waals surface area contributed by atoms with Gasteiger partial charge in [0.2, 0.25) is 0 Å². The van der Waals surface area contributed by atoms with Gasteiger partial charge in [-0.3, -0.25) is 0 Å². The highest BCUT2D eigenvalue weighted by molar-refractivity contribution is 5.68. The van der Waals surface area contributed by atoms with E-state index in [1.165, 1.54) is 0 Å². The maximum absolute atomic E-state index is 11.9. The van der Waals surface area contributed by atoms with Crippen molar-refractivity contribution in [3.8, 4) is 0 Å². The Kier molecular flexibility index (Phi) is 4.56. The van der Waals surface area contributed by atoms with Crippen molar-refractivity contribution in [1.82, 2.24) is 10.2 Å². The molecule has 5 heteroatoms. The normalized spacial score (nSPS) is 20.9. The minimum atomic E-state index is -0.489. The van der Waals surface area contributed by atoms with Crippen LogP contribution < -0.4 is 5.32 Å². The average molecular weight is 230 g/mol. The van der Waals surface area contributed by atoms with Crippen LogP contribution in [0.5, 0.6) is 0 Å². The zero-order valence-electron chi connectivity index (χ0n) is 10.3. The first-order chi connectivity index (χ1) is 7.44. The molecule has 0 bridgehead atoms. The zero-order valence-corrected chi connectivity index (χ0v) is 10.3. The van der Waals surface area contributed by atoms with E-state index >= 15 is 0 Å². The molecule has 5 nitrogen and oxygen atoms in total. The molecule has 1 amide bonds. The van der Waals surface area contributed by atoms with Crippen LogP contribution in [0.2, 0.25) is 0 Å². The molecule has 2 N–H and O–H groups in total. The Labute approximate surface area is 96.8 Å². The van der Waals surface area contributed by atoms with Crippen molar-refractivity contribution in [2.24, 2.45) is 0 Å². The monoisotopic (exact) mass is 230 g/mol. The molecule has 1 atom stereocenters. The van der Waals surface area contributed by atoms with Crippen molar-refractivity contribution >= 4 is 6.09 Å². The third-order valence-corrected chi connectivity index (χ3v) is 2.44. The summed E-state index contributed by atoms with van der Waals surface area (Å²) in [6, 6.07) is 0.141. The molecule has 1 saturated heterocycles. The summed E-state index contributed by atoms with van der Waals surface area (Å²) in [4.78, 5) is 13.5. The lowest BCUT2D eigenvalue weighted by molar-refractivity contribution is 0.0141. The van der Waals surface area contributed by atoms with Gasteiger partial charge in [-0.05, 0) is 33.7 Å². The summed E-state index contributed by atoms with van der Waals surface area (Å²) in [6.07, 6.45) is 0.578. The molecule has 0 aromatic heterocycles. The lowest BCUT2D eigenvalue weighted by atomic mass is 10.2. The average Bonchev–Trinajstić information content (AvgIpc) is 2.63. The standard InChI is InChI=1S/C11H22N2O3/c1-11(2,3)16-10(15)13(6-7-14)9-4-5-12-8-9/h9,12,14H,4-8H2,1-3H3/t9-/m0/s1. The number of rotatable bonds is 3. The van der Waals surface area contributed by atoms with Crippen LogP contribution >= 0.6 is 0 Å². The van der Waals surface area contributed by atoms with Gasteiger partial charge >= 0.3 is 6.09 Å². The smallest absolute Gasteiger partial charge is 0.410 e. The third-order valence-electron chi connectivity index (χ3n) is 2.44. The molecular weight excluding hydrogens is 208 g/mol. The highest BCUT2D eigenvalue weighted by atomic mass is 16.6. The first kappa shape index (κ1) is 13.3. The lowest BCUT2D eigenvalue weighted by Crippen LogP contribution is -2.45. The van der Waals surface area contributed by atoms with E-state index in [0.29, 0.717) is 6.54 Å². The van der Waals surface area contributed by atoms with Gasteiger partial charge in [-0.15, -0.1) is 0 Å². The summed E-state index contributed by atoms with van der Waals surface area (Å²) >= 11 is 0. The van der Waals surface area contributed by atoms with E-state index in [0.717, 1.165) is 19.5 Å². The number of aliphatic hydroxyl groups excluding tert-OH is 1. The van der Waals surface area contributed by atoms with Gasteiger partial charge in [0.1, 0.15) is 5.60 Å². The Bertz CT molecular complexity index is 232. The van der Waals surface area contributed by atoms with Gasteiger partial charge in [0.05, 0.1) is 6.61 Å². The van der Waals surface area contributed by atoms with Gasteiger partial charge in [0.25, 0.3) is 0 Å². The molecule has 1 heterocycles. The van der Waals surface area contributed by atoms with E-state index in [1.54, 1.807) is 4.90 Å². The van der Waals surface area contributed by atoms with Crippen molar-refractivity contribution < 1.29 is 14.6 Å². The molecule has 0 radical (unpaired) electrons. The van der Waals surface area contributed by atoms with E-state index in [4.69, 9.17) is 9.84 Å². The van der Waals surface area contributed by atoms with Gasteiger partial charge in [-0.1, -0.05) is 0 Å². The van der Waals surface area contributed by atoms with E-state index in [9.17, 15) is 4.79 Å². The van der Waals surface area contributed by atoms with Crippen LogP contribution in [-0.4, -0.2) is 54.0 Å². The summed E-state index contributed by atoms with van der Waals surface area (Å²) in [6.45, 7) is 7.52. The van der Waals surface area contributed by atoms with Gasteiger partial charge in [-0.2, -0.15) is 0 Å². The van der Waals surface area contributed by atoms with Crippen molar-refractivity contribution in [2.75, 3.05) is 26.2 Å². The minimum absolute atomic E-state index is 0.0320. The lowest BCUT2D eigenvalue weighted by Gasteiger charge is -2.30. The molecule has 0 aromatic carbocycles. The number of carbonyl (C=O) groups is 1. The number of aliphatic hydroxyl groups is 1. The predicted octanol–water partition coefficient (Wildman–Crippen LogP) is 0.578. The Morgan fingerprint density at radius 1 is 1.56 bits per heavy atom. The van der Waals surface area contributed by atoms with Gasteiger partial charge < -0.3 is 20.1 Å². The van der Waals surface area contributed by atoms with E-state index < -0.39 is 5.60 Å². The summed E-state index contributed by atoms with van der Waals surface area (Å²) in [5.74, 6) is 0. The van der Waals surface area contributed by atoms with Gasteiger partial charge in [-0.25, -0.2) is 4.79 Å². The molecule has 1 aliphatic rings. The summed E-state index contributed by atoms with van der Waals surface area (Å²) in [5, 5.41) is 12.2. The molecule has 1 aliphatic heterocycles. The minimum Gasteiger partial charge on any atom is -0.444 e. The second-order valence-electron chi connectivity index (χ2n) is 5.04. The quantitative estimate of drug-likeness (QED) is 0.744. The number of carbonyl (C=O) groups excluding carboxylic acids is 1. The SMILES string of the molecule is CC(C)(C)OC(=O)N(CCO)[C@H]1CCNC1. The van der Waals surface area contributed by atoms with E-state index in [2.05, 4.69) is 5.32 Å². The van der Waals surface area contributed by atoms with Crippen LogP contribution in [0.15, 0.2) is 0 Å². The summed E-state index contributed by atoms with van der Waals surface area (Å²) in [5.41, 5.74) is -0.489. The van der Waals surface area contributed by atoms with Crippen molar-refractivity contribution in [2.45, 2.75) is 38.8 Å². The highest BCUT2D eigenvalue weighted by Crippen LogP contribution is 2.14. The molecule has 94 valence electrons. The topological polar surface area (TPSA) is 61.8 Å². The van der Waals surface area contributed by atoms with Crippen molar-refractivity contribution in [3.05, 3.63) is 0 Å². The van der Waals surface area contributed by atoms with Gasteiger partial charge in [0.15, 0.2) is 0 Å². The Morgan fingerprint density at radius 2 is 2.25 bits per heavy atom. The number of amides is 1. The van der Waals surface area contributed by atoms with Crippen molar-refractivity contribution in [1.29, 1.82) is 0 Å². The number of nitrogens with one attached hydrogen (secondary N) is 1. The van der Waals surface area contributed by atoms with Crippen LogP contribution in [0, 0.1) is 0 Å². The zero-order chi connectivity index (χ0) is 12.2. The molecular formula is C11H22N2O3. The maximum atomic E-state index is 11.9. The highest BCUT2D eigenvalue weighted by Gasteiger charge is 2.29. The molecule has 1 rings (SSSR count). The van der Waals surface area contributed by atoms with Crippen LogP contribution in [0.1, 0.15) is 27.2 Å². The molecule has 0 aliphatic carbocycles. The third kappa shape index (κ3) is 3.98. The number of hydrogen-bond acceptors (Lipinski definition) is 4. The van der Waals surface area contributed by atoms with Crippen LogP contribution in [0.25, 0.3) is 0 Å². The largest absolute Gasteiger partial charge is 0.444 e. The number of ether oxygens (including phenoxy) is 1. The second-order valence-corrected chi connectivity index (χ2v) is 5.04. The first-order valence-electron chi connectivity index (χ1n) is 5.75. The fourth-order valence-corrected chi connectivity index (χ4v) is 1.76. The second kappa shape index (κ2) is 5.50. The summed E-state index contributed by atoms with van der Waals surface area (Å²) < 4.78 is 5.31. The van der Waals surface area contributed by atoms with E-state index in [1.807, 2.05) is 20.8 Å². The molecule has 0 spiro atoms. The molecule has 0 aromatic rings. The molecule has 0 saturated carbocycles. The predicted molar refractivity (Wildman–Crippen MR) is 61.3 cm³/mol. The molecule has 1 fully saturated rings. The first-order valence-corrected chi connectivity index (χ1v) is 5.75. The molecule has 0 unspecified atom stereocenters. The number of nitrogens with zero attached hydrogens (tertiary/aromatic N) is 1. The number of hydrogen-bond donors (Lipinski definition) is 2. The van der Waals surface area contributed by atoms with Crippen LogP contribution in [0.3, 0.4) is 0 Å². The Hall–Kier alpha value is -0.810. The van der Waals surface area contributed by atoms with Crippen LogP contribution in [-0.2, 0) is 4.74 Å². The maximum Gasteiger partial charge on any atom is 0.410 e. The van der Waals surface area contributed by atoms with Gasteiger partial charge in [0, 0.05) is 19.1 Å². The van der Waals surface area contributed by atoms with Crippen LogP contribution in [0.4, 0.5) is 4.79 Å². The fraction of sp³-hybridized carbons (Fsp3) is 0.909. The van der Waals surface area contributed by atoms with Crippen molar-refractivity contribution in [3.63, 3.8) is 0 Å².